The van der Waals surface area contributed by atoms with E-state index in [2.05, 4.69) is 20.8 Å². The van der Waals surface area contributed by atoms with Crippen LogP contribution in [0.4, 0.5) is 5.95 Å². The summed E-state index contributed by atoms with van der Waals surface area (Å²) >= 11 is 0. The van der Waals surface area contributed by atoms with Crippen LogP contribution in [-0.4, -0.2) is 46.5 Å². The zero-order valence-corrected chi connectivity index (χ0v) is 12.1. The van der Waals surface area contributed by atoms with Gasteiger partial charge in [-0.25, -0.2) is 4.79 Å². The minimum Gasteiger partial charge on any atom is -0.467 e. The number of tetrazole rings is 1. The lowest BCUT2D eigenvalue weighted by molar-refractivity contribution is -0.140. The first kappa shape index (κ1) is 14.3. The van der Waals surface area contributed by atoms with Crippen molar-refractivity contribution in [3.05, 3.63) is 35.4 Å². The van der Waals surface area contributed by atoms with Gasteiger partial charge in [0.25, 0.3) is 0 Å². The fraction of sp³-hybridized carbons (Fsp3) is 0.385. The molecule has 1 atom stereocenters. The normalized spacial score (nSPS) is 17.1. The quantitative estimate of drug-likeness (QED) is 0.637. The molecule has 22 heavy (non-hydrogen) atoms. The zero-order valence-electron chi connectivity index (χ0n) is 12.1. The van der Waals surface area contributed by atoms with Gasteiger partial charge in [0.2, 0.25) is 5.95 Å². The summed E-state index contributed by atoms with van der Waals surface area (Å²) in [5, 5.41) is 14.4. The number of allylic oxidation sites excluding steroid dienone is 1. The van der Waals surface area contributed by atoms with Crippen LogP contribution in [0.1, 0.15) is 18.7 Å². The number of carbonyl (C=O) groups is 1. The van der Waals surface area contributed by atoms with Crippen molar-refractivity contribution in [1.82, 2.24) is 20.2 Å². The summed E-state index contributed by atoms with van der Waals surface area (Å²) in [5.41, 5.74) is 1.01. The molecule has 0 saturated heterocycles. The number of nitrogens with zero attached hydrogens (tertiary/aromatic N) is 4. The largest absolute Gasteiger partial charge is 0.467 e. The summed E-state index contributed by atoms with van der Waals surface area (Å²) in [4.78, 5) is 12.4. The van der Waals surface area contributed by atoms with Gasteiger partial charge in [-0.05, 0) is 29.5 Å². The van der Waals surface area contributed by atoms with Crippen LogP contribution in [-0.2, 0) is 14.3 Å². The number of methoxy groups -OCH3 is 1. The van der Waals surface area contributed by atoms with E-state index in [4.69, 9.17) is 13.9 Å². The Bertz CT molecular complexity index is 691. The Morgan fingerprint density at radius 3 is 3.09 bits per heavy atom. The maximum Gasteiger partial charge on any atom is 0.338 e. The summed E-state index contributed by atoms with van der Waals surface area (Å²) in [6.07, 6.45) is 1.53. The van der Waals surface area contributed by atoms with Gasteiger partial charge in [-0.3, -0.25) is 0 Å². The SMILES string of the molecule is COCCOC(=O)C1=C(C)Nc2nnnn2[C@@H]1c1ccco1. The van der Waals surface area contributed by atoms with E-state index in [1.54, 1.807) is 26.2 Å². The van der Waals surface area contributed by atoms with E-state index in [0.29, 0.717) is 29.6 Å². The van der Waals surface area contributed by atoms with Crippen molar-refractivity contribution in [3.63, 3.8) is 0 Å². The highest BCUT2D eigenvalue weighted by Gasteiger charge is 2.36. The molecule has 9 heteroatoms. The Kier molecular flexibility index (Phi) is 3.88. The van der Waals surface area contributed by atoms with Crippen molar-refractivity contribution in [2.24, 2.45) is 0 Å². The molecule has 0 spiro atoms. The number of carbonyl (C=O) groups excluding carboxylic acids is 1. The Labute approximate surface area is 125 Å². The van der Waals surface area contributed by atoms with Crippen LogP contribution in [0.25, 0.3) is 0 Å². The van der Waals surface area contributed by atoms with Crippen LogP contribution in [0.3, 0.4) is 0 Å². The molecular weight excluding hydrogens is 290 g/mol. The molecule has 0 aliphatic carbocycles. The molecule has 0 radical (unpaired) electrons. The van der Waals surface area contributed by atoms with E-state index in [0.717, 1.165) is 0 Å². The van der Waals surface area contributed by atoms with Crippen molar-refractivity contribution in [2.75, 3.05) is 25.6 Å². The number of hydrogen-bond donors (Lipinski definition) is 1. The number of fused-ring (bicyclic) bond motifs is 1. The van der Waals surface area contributed by atoms with Crippen molar-refractivity contribution >= 4 is 11.9 Å². The second kappa shape index (κ2) is 5.98. The molecule has 0 saturated carbocycles. The summed E-state index contributed by atoms with van der Waals surface area (Å²) in [6.45, 7) is 2.26. The number of hydrogen-bond acceptors (Lipinski definition) is 8. The number of furan rings is 1. The lowest BCUT2D eigenvalue weighted by Gasteiger charge is -2.25. The Morgan fingerprint density at radius 2 is 2.36 bits per heavy atom. The van der Waals surface area contributed by atoms with Crippen LogP contribution < -0.4 is 5.32 Å². The molecular formula is C13H15N5O4. The third kappa shape index (κ3) is 2.46. The van der Waals surface area contributed by atoms with Crippen molar-refractivity contribution in [1.29, 1.82) is 0 Å². The summed E-state index contributed by atoms with van der Waals surface area (Å²) in [5.74, 6) is 0.519. The molecule has 0 fully saturated rings. The Morgan fingerprint density at radius 1 is 1.50 bits per heavy atom. The lowest BCUT2D eigenvalue weighted by atomic mass is 10.0. The Balaban J connectivity index is 1.96. The summed E-state index contributed by atoms with van der Waals surface area (Å²) in [7, 11) is 1.54. The minimum absolute atomic E-state index is 0.166. The maximum atomic E-state index is 12.4. The summed E-state index contributed by atoms with van der Waals surface area (Å²) < 4.78 is 17.0. The summed E-state index contributed by atoms with van der Waals surface area (Å²) in [6, 6.07) is 2.93. The van der Waals surface area contributed by atoms with E-state index in [-0.39, 0.29) is 6.61 Å². The molecule has 1 aliphatic heterocycles. The van der Waals surface area contributed by atoms with Crippen LogP contribution in [0.2, 0.25) is 0 Å². The fourth-order valence-electron chi connectivity index (χ4n) is 2.28. The highest BCUT2D eigenvalue weighted by molar-refractivity contribution is 5.92. The van der Waals surface area contributed by atoms with Gasteiger partial charge in [-0.2, -0.15) is 4.68 Å². The van der Waals surface area contributed by atoms with Gasteiger partial charge in [-0.1, -0.05) is 5.10 Å². The van der Waals surface area contributed by atoms with E-state index in [1.165, 1.54) is 10.9 Å². The number of nitrogens with one attached hydrogen (secondary N) is 1. The van der Waals surface area contributed by atoms with E-state index >= 15 is 0 Å². The second-order valence-corrected chi connectivity index (χ2v) is 4.66. The molecule has 1 N–H and O–H groups in total. The van der Waals surface area contributed by atoms with Crippen LogP contribution in [0, 0.1) is 0 Å². The predicted molar refractivity (Wildman–Crippen MR) is 73.8 cm³/mol. The monoisotopic (exact) mass is 305 g/mol. The molecule has 3 heterocycles. The lowest BCUT2D eigenvalue weighted by Crippen LogP contribution is -2.29. The molecule has 3 rings (SSSR count). The van der Waals surface area contributed by atoms with E-state index < -0.39 is 12.0 Å². The van der Waals surface area contributed by atoms with Gasteiger partial charge in [0, 0.05) is 12.8 Å². The van der Waals surface area contributed by atoms with Crippen LogP contribution in [0.5, 0.6) is 0 Å². The second-order valence-electron chi connectivity index (χ2n) is 4.66. The average Bonchev–Trinajstić information content (AvgIpc) is 3.16. The highest BCUT2D eigenvalue weighted by atomic mass is 16.6. The van der Waals surface area contributed by atoms with Crippen molar-refractivity contribution in [2.45, 2.75) is 13.0 Å². The van der Waals surface area contributed by atoms with Gasteiger partial charge in [0.15, 0.2) is 0 Å². The number of anilines is 1. The van der Waals surface area contributed by atoms with Gasteiger partial charge in [0.05, 0.1) is 18.4 Å². The molecule has 2 aromatic heterocycles. The first-order valence-electron chi connectivity index (χ1n) is 6.67. The number of aromatic nitrogens is 4. The van der Waals surface area contributed by atoms with Crippen LogP contribution in [0.15, 0.2) is 34.1 Å². The maximum absolute atomic E-state index is 12.4. The standard InChI is InChI=1S/C13H15N5O4/c1-8-10(12(19)22-7-6-20-2)11(9-4-3-5-21-9)18-13(14-8)15-16-17-18/h3-5,11H,6-7H2,1-2H3,(H,14,15,17)/t11-/m1/s1. The molecule has 0 bridgehead atoms. The molecule has 9 nitrogen and oxygen atoms in total. The molecule has 0 unspecified atom stereocenters. The van der Waals surface area contributed by atoms with E-state index in [1.807, 2.05) is 0 Å². The van der Waals surface area contributed by atoms with Crippen molar-refractivity contribution in [3.8, 4) is 0 Å². The van der Waals surface area contributed by atoms with Gasteiger partial charge < -0.3 is 19.2 Å². The third-order valence-corrected chi connectivity index (χ3v) is 3.27. The first-order valence-corrected chi connectivity index (χ1v) is 6.67. The molecule has 0 amide bonds. The third-order valence-electron chi connectivity index (χ3n) is 3.27. The number of ether oxygens (including phenoxy) is 2. The number of esters is 1. The zero-order chi connectivity index (χ0) is 15.5. The fourth-order valence-corrected chi connectivity index (χ4v) is 2.28. The number of rotatable bonds is 5. The molecule has 116 valence electrons. The average molecular weight is 305 g/mol. The Hall–Kier alpha value is -2.68. The molecule has 2 aromatic rings. The highest BCUT2D eigenvalue weighted by Crippen LogP contribution is 2.34. The molecule has 0 aromatic carbocycles. The first-order chi connectivity index (χ1) is 10.7. The van der Waals surface area contributed by atoms with E-state index in [9.17, 15) is 4.79 Å². The topological polar surface area (TPSA) is 104 Å². The van der Waals surface area contributed by atoms with Crippen molar-refractivity contribution < 1.29 is 18.7 Å². The smallest absolute Gasteiger partial charge is 0.338 e. The molecule has 1 aliphatic rings. The van der Waals surface area contributed by atoms with Gasteiger partial charge in [-0.15, -0.1) is 0 Å². The van der Waals surface area contributed by atoms with Gasteiger partial charge in [0.1, 0.15) is 18.4 Å². The van der Waals surface area contributed by atoms with Crippen LogP contribution >= 0.6 is 0 Å². The minimum atomic E-state index is -0.573. The predicted octanol–water partition coefficient (Wildman–Crippen LogP) is 0.745. The van der Waals surface area contributed by atoms with Gasteiger partial charge >= 0.3 is 5.97 Å².